The standard InChI is InChI=1S/C8H8ClNS2/c1-10-5-12(11)7-4-2-3-6(9)8(7)10/h2-4H,5H2,1H3. The second-order valence-corrected chi connectivity index (χ2v) is 5.76. The van der Waals surface area contributed by atoms with Crippen molar-refractivity contribution in [3.63, 3.8) is 0 Å². The zero-order valence-electron chi connectivity index (χ0n) is 6.58. The van der Waals surface area contributed by atoms with Gasteiger partial charge in [0.05, 0.1) is 16.6 Å². The predicted molar refractivity (Wildman–Crippen MR) is 57.7 cm³/mol. The maximum atomic E-state index is 6.05. The van der Waals surface area contributed by atoms with Crippen molar-refractivity contribution in [2.24, 2.45) is 0 Å². The lowest BCUT2D eigenvalue weighted by Crippen LogP contribution is -2.13. The van der Waals surface area contributed by atoms with Gasteiger partial charge in [0.25, 0.3) is 0 Å². The van der Waals surface area contributed by atoms with Gasteiger partial charge in [-0.05, 0) is 23.3 Å². The highest BCUT2D eigenvalue weighted by atomic mass is 35.5. The molecule has 0 fully saturated rings. The Morgan fingerprint density at radius 3 is 3.00 bits per heavy atom. The zero-order valence-corrected chi connectivity index (χ0v) is 8.97. The number of nitrogens with zero attached hydrogens (tertiary/aromatic N) is 1. The highest BCUT2D eigenvalue weighted by Crippen LogP contribution is 2.36. The average Bonchev–Trinajstić information content (AvgIpc) is 2.29. The Hall–Kier alpha value is -0.120. The number of benzene rings is 1. The molecule has 1 atom stereocenters. The summed E-state index contributed by atoms with van der Waals surface area (Å²) < 4.78 is 0. The molecule has 1 heterocycles. The third-order valence-corrected chi connectivity index (χ3v) is 4.49. The summed E-state index contributed by atoms with van der Waals surface area (Å²) in [4.78, 5) is 3.35. The summed E-state index contributed by atoms with van der Waals surface area (Å²) in [7, 11) is 1.97. The molecular weight excluding hydrogens is 210 g/mol. The van der Waals surface area contributed by atoms with Crippen LogP contribution in [0.4, 0.5) is 5.69 Å². The lowest BCUT2D eigenvalue weighted by atomic mass is 10.3. The molecule has 0 saturated heterocycles. The van der Waals surface area contributed by atoms with Crippen LogP contribution in [-0.2, 0) is 20.6 Å². The number of para-hydroxylation sites is 1. The smallest absolute Gasteiger partial charge is 0.0727 e. The summed E-state index contributed by atoms with van der Waals surface area (Å²) in [6.45, 7) is 0. The van der Waals surface area contributed by atoms with Crippen LogP contribution in [-0.4, -0.2) is 12.9 Å². The Morgan fingerprint density at radius 2 is 2.33 bits per heavy atom. The summed E-state index contributed by atoms with van der Waals surface area (Å²) >= 11 is 11.4. The van der Waals surface area contributed by atoms with Crippen LogP contribution in [0.25, 0.3) is 0 Å². The number of hydrogen-bond acceptors (Lipinski definition) is 2. The van der Waals surface area contributed by atoms with Gasteiger partial charge in [-0.3, -0.25) is 0 Å². The van der Waals surface area contributed by atoms with Crippen LogP contribution in [0.3, 0.4) is 0 Å². The first kappa shape index (κ1) is 8.48. The van der Waals surface area contributed by atoms with Gasteiger partial charge in [0.2, 0.25) is 0 Å². The molecule has 4 heteroatoms. The number of fused-ring (bicyclic) bond motifs is 1. The molecule has 1 aromatic carbocycles. The topological polar surface area (TPSA) is 3.24 Å². The van der Waals surface area contributed by atoms with E-state index in [1.54, 1.807) is 0 Å². The molecule has 1 aliphatic heterocycles. The van der Waals surface area contributed by atoms with Gasteiger partial charge in [0, 0.05) is 11.9 Å². The van der Waals surface area contributed by atoms with Gasteiger partial charge < -0.3 is 4.90 Å². The quantitative estimate of drug-likeness (QED) is 0.656. The second-order valence-electron chi connectivity index (χ2n) is 2.76. The molecule has 1 aromatic rings. The number of rotatable bonds is 0. The molecule has 0 aliphatic carbocycles. The lowest BCUT2D eigenvalue weighted by molar-refractivity contribution is 1.10. The van der Waals surface area contributed by atoms with Gasteiger partial charge in [-0.2, -0.15) is 0 Å². The summed E-state index contributed by atoms with van der Waals surface area (Å²) in [5.74, 6) is 0.925. The van der Waals surface area contributed by atoms with Crippen molar-refractivity contribution in [1.29, 1.82) is 0 Å². The van der Waals surface area contributed by atoms with Crippen LogP contribution >= 0.6 is 11.6 Å². The maximum Gasteiger partial charge on any atom is 0.0727 e. The zero-order chi connectivity index (χ0) is 8.72. The number of halogens is 1. The largest absolute Gasteiger partial charge is 0.363 e. The van der Waals surface area contributed by atoms with Crippen LogP contribution in [0.2, 0.25) is 5.02 Å². The average molecular weight is 218 g/mol. The molecule has 1 unspecified atom stereocenters. The minimum absolute atomic E-state index is 0.0633. The molecule has 0 aromatic heterocycles. The number of hydrogen-bond donors (Lipinski definition) is 0. The summed E-state index contributed by atoms with van der Waals surface area (Å²) in [6.07, 6.45) is 0. The van der Waals surface area contributed by atoms with E-state index in [1.807, 2.05) is 19.2 Å². The molecule has 0 amide bonds. The van der Waals surface area contributed by atoms with E-state index in [4.69, 9.17) is 22.8 Å². The van der Waals surface area contributed by atoms with Gasteiger partial charge in [-0.15, -0.1) is 0 Å². The summed E-state index contributed by atoms with van der Waals surface area (Å²) in [5, 5.41) is 0.815. The van der Waals surface area contributed by atoms with Gasteiger partial charge in [0.15, 0.2) is 0 Å². The summed E-state index contributed by atoms with van der Waals surface area (Å²) in [5.41, 5.74) is 1.12. The SMILES string of the molecule is CN1CS(=S)c2cccc(Cl)c21. The van der Waals surface area contributed by atoms with Gasteiger partial charge >= 0.3 is 0 Å². The third kappa shape index (κ3) is 1.16. The van der Waals surface area contributed by atoms with Crippen LogP contribution < -0.4 is 4.90 Å². The molecule has 1 aliphatic rings. The fourth-order valence-corrected chi connectivity index (χ4v) is 3.94. The Labute approximate surface area is 83.9 Å². The van der Waals surface area contributed by atoms with Gasteiger partial charge in [-0.1, -0.05) is 27.1 Å². The molecule has 2 rings (SSSR count). The first-order valence-corrected chi connectivity index (χ1v) is 6.28. The molecular formula is C8H8ClNS2. The van der Waals surface area contributed by atoms with Crippen molar-refractivity contribution in [3.8, 4) is 0 Å². The normalized spacial score (nSPS) is 21.2. The van der Waals surface area contributed by atoms with E-state index in [1.165, 1.54) is 4.90 Å². The van der Waals surface area contributed by atoms with E-state index in [-0.39, 0.29) is 9.45 Å². The van der Waals surface area contributed by atoms with Crippen molar-refractivity contribution in [3.05, 3.63) is 23.2 Å². The second kappa shape index (κ2) is 2.98. The van der Waals surface area contributed by atoms with Crippen molar-refractivity contribution in [2.45, 2.75) is 4.90 Å². The van der Waals surface area contributed by atoms with Crippen LogP contribution in [0.15, 0.2) is 23.1 Å². The fraction of sp³-hybridized carbons (Fsp3) is 0.250. The molecule has 1 nitrogen and oxygen atoms in total. The van der Waals surface area contributed by atoms with E-state index in [0.29, 0.717) is 0 Å². The highest BCUT2D eigenvalue weighted by Gasteiger charge is 2.21. The van der Waals surface area contributed by atoms with Crippen molar-refractivity contribution < 1.29 is 0 Å². The molecule has 0 bridgehead atoms. The fourth-order valence-electron chi connectivity index (χ4n) is 1.36. The van der Waals surface area contributed by atoms with Crippen molar-refractivity contribution in [2.75, 3.05) is 17.8 Å². The molecule has 0 N–H and O–H groups in total. The summed E-state index contributed by atoms with van der Waals surface area (Å²) in [6, 6.07) is 5.95. The Balaban J connectivity index is 2.67. The third-order valence-electron chi connectivity index (χ3n) is 1.89. The van der Waals surface area contributed by atoms with E-state index in [9.17, 15) is 0 Å². The van der Waals surface area contributed by atoms with Crippen LogP contribution in [0.1, 0.15) is 0 Å². The molecule has 0 radical (unpaired) electrons. The Morgan fingerprint density at radius 1 is 1.58 bits per heavy atom. The molecule has 64 valence electrons. The van der Waals surface area contributed by atoms with Crippen molar-refractivity contribution >= 4 is 37.9 Å². The van der Waals surface area contributed by atoms with Crippen LogP contribution in [0.5, 0.6) is 0 Å². The predicted octanol–water partition coefficient (Wildman–Crippen LogP) is 2.19. The molecule has 0 spiro atoms. The van der Waals surface area contributed by atoms with Crippen molar-refractivity contribution in [1.82, 2.24) is 0 Å². The van der Waals surface area contributed by atoms with E-state index in [0.717, 1.165) is 16.6 Å². The maximum absolute atomic E-state index is 6.05. The molecule has 12 heavy (non-hydrogen) atoms. The van der Waals surface area contributed by atoms with E-state index in [2.05, 4.69) is 11.0 Å². The Bertz CT molecular complexity index is 351. The highest BCUT2D eigenvalue weighted by molar-refractivity contribution is 8.29. The van der Waals surface area contributed by atoms with E-state index < -0.39 is 0 Å². The number of anilines is 1. The molecule has 0 saturated carbocycles. The lowest BCUT2D eigenvalue weighted by Gasteiger charge is -2.11. The Kier molecular flexibility index (Phi) is 2.10. The first-order valence-electron chi connectivity index (χ1n) is 3.58. The monoisotopic (exact) mass is 217 g/mol. The minimum Gasteiger partial charge on any atom is -0.363 e. The van der Waals surface area contributed by atoms with Crippen LogP contribution in [0, 0.1) is 0 Å². The minimum atomic E-state index is -0.0633. The van der Waals surface area contributed by atoms with Gasteiger partial charge in [-0.25, -0.2) is 0 Å². The first-order chi connectivity index (χ1) is 5.70. The van der Waals surface area contributed by atoms with Gasteiger partial charge in [0.1, 0.15) is 0 Å². The van der Waals surface area contributed by atoms with E-state index >= 15 is 0 Å².